The lowest BCUT2D eigenvalue weighted by Crippen LogP contribution is -2.31. The van der Waals surface area contributed by atoms with Crippen LogP contribution < -0.4 is 14.8 Å². The predicted octanol–water partition coefficient (Wildman–Crippen LogP) is 2.91. The molecule has 0 bridgehead atoms. The number of fused-ring (bicyclic) bond motifs is 1. The topological polar surface area (TPSA) is 76.5 Å². The van der Waals surface area contributed by atoms with E-state index in [2.05, 4.69) is 16.3 Å². The van der Waals surface area contributed by atoms with Gasteiger partial charge in [0, 0.05) is 13.0 Å². The van der Waals surface area contributed by atoms with Gasteiger partial charge in [-0.05, 0) is 48.7 Å². The summed E-state index contributed by atoms with van der Waals surface area (Å²) in [6, 6.07) is 17.5. The van der Waals surface area contributed by atoms with Gasteiger partial charge >= 0.3 is 0 Å². The molecule has 0 radical (unpaired) electrons. The van der Waals surface area contributed by atoms with Crippen LogP contribution in [-0.4, -0.2) is 19.3 Å². The van der Waals surface area contributed by atoms with Gasteiger partial charge in [0.25, 0.3) is 5.56 Å². The molecule has 0 N–H and O–H groups in total. The fourth-order valence-corrected chi connectivity index (χ4v) is 5.14. The maximum Gasteiger partial charge on any atom is 0.273 e. The summed E-state index contributed by atoms with van der Waals surface area (Å²) in [7, 11) is 0. The monoisotopic (exact) mass is 457 g/mol. The number of nitriles is 1. The third-order valence-electron chi connectivity index (χ3n) is 5.66. The van der Waals surface area contributed by atoms with Crippen molar-refractivity contribution in [3.05, 3.63) is 97.2 Å². The standard InChI is InChI=1S/C25H20FN5OS/c26-18-12-10-17(11-13-18)15-21-24(32)31(19-7-3-1-4-8-19)25(33-21)20(16-27)23-29-28-22-9-5-2-6-14-30(22)23/h1,3-4,7-8,10-13,15H,2,5-6,9,14H2. The van der Waals surface area contributed by atoms with Crippen molar-refractivity contribution in [3.8, 4) is 11.8 Å². The van der Waals surface area contributed by atoms with E-state index in [1.165, 1.54) is 23.5 Å². The van der Waals surface area contributed by atoms with E-state index in [9.17, 15) is 14.4 Å². The van der Waals surface area contributed by atoms with E-state index in [1.54, 1.807) is 22.8 Å². The summed E-state index contributed by atoms with van der Waals surface area (Å²) < 4.78 is 17.8. The van der Waals surface area contributed by atoms with Crippen LogP contribution in [0.5, 0.6) is 0 Å². The number of rotatable bonds is 3. The molecule has 0 atom stereocenters. The first-order chi connectivity index (χ1) is 16.2. The van der Waals surface area contributed by atoms with Crippen molar-refractivity contribution in [3.63, 3.8) is 0 Å². The van der Waals surface area contributed by atoms with E-state index < -0.39 is 0 Å². The van der Waals surface area contributed by atoms with Crippen molar-refractivity contribution < 1.29 is 4.39 Å². The molecule has 0 amide bonds. The molecule has 33 heavy (non-hydrogen) atoms. The summed E-state index contributed by atoms with van der Waals surface area (Å²) in [4.78, 5) is 13.5. The summed E-state index contributed by atoms with van der Waals surface area (Å²) >= 11 is 1.23. The average molecular weight is 458 g/mol. The molecule has 0 spiro atoms. The number of aryl methyl sites for hydroxylation is 1. The van der Waals surface area contributed by atoms with E-state index in [0.717, 1.165) is 38.1 Å². The van der Waals surface area contributed by atoms with Gasteiger partial charge in [-0.15, -0.1) is 21.5 Å². The number of thiazole rings is 1. The number of hydrogen-bond donors (Lipinski definition) is 0. The molecule has 2 aromatic heterocycles. The van der Waals surface area contributed by atoms with Crippen LogP contribution in [0.2, 0.25) is 0 Å². The first-order valence-electron chi connectivity index (χ1n) is 10.8. The molecule has 0 unspecified atom stereocenters. The average Bonchev–Trinajstić information content (AvgIpc) is 3.27. The predicted molar refractivity (Wildman–Crippen MR) is 125 cm³/mol. The zero-order valence-corrected chi connectivity index (χ0v) is 18.6. The van der Waals surface area contributed by atoms with E-state index in [4.69, 9.17) is 0 Å². The van der Waals surface area contributed by atoms with Crippen LogP contribution in [0, 0.1) is 17.1 Å². The zero-order valence-electron chi connectivity index (χ0n) is 17.7. The van der Waals surface area contributed by atoms with Crippen molar-refractivity contribution in [1.29, 1.82) is 5.26 Å². The third-order valence-corrected chi connectivity index (χ3v) is 6.76. The highest BCUT2D eigenvalue weighted by atomic mass is 32.1. The fraction of sp³-hybridized carbons (Fsp3) is 0.200. The van der Waals surface area contributed by atoms with Gasteiger partial charge in [0.05, 0.1) is 10.2 Å². The van der Waals surface area contributed by atoms with E-state index in [-0.39, 0.29) is 11.4 Å². The molecular weight excluding hydrogens is 437 g/mol. The Hall–Kier alpha value is -3.83. The lowest BCUT2D eigenvalue weighted by molar-refractivity contribution is 0.627. The van der Waals surface area contributed by atoms with Crippen LogP contribution in [0.15, 0.2) is 59.4 Å². The van der Waals surface area contributed by atoms with Gasteiger partial charge in [-0.1, -0.05) is 36.8 Å². The Morgan fingerprint density at radius 2 is 1.85 bits per heavy atom. The Morgan fingerprint density at radius 1 is 1.06 bits per heavy atom. The number of hydrogen-bond acceptors (Lipinski definition) is 5. The number of benzene rings is 2. The van der Waals surface area contributed by atoms with E-state index in [1.807, 2.05) is 34.9 Å². The van der Waals surface area contributed by atoms with Gasteiger partial charge < -0.3 is 4.57 Å². The summed E-state index contributed by atoms with van der Waals surface area (Å²) in [5, 5.41) is 18.9. The Morgan fingerprint density at radius 3 is 2.61 bits per heavy atom. The van der Waals surface area contributed by atoms with Crippen molar-refractivity contribution in [2.45, 2.75) is 32.2 Å². The molecule has 1 aliphatic heterocycles. The molecular formula is C25H20FN5OS. The van der Waals surface area contributed by atoms with Crippen LogP contribution in [0.1, 0.15) is 36.5 Å². The Kier molecular flexibility index (Phi) is 5.71. The van der Waals surface area contributed by atoms with Crippen LogP contribution in [0.3, 0.4) is 0 Å². The molecule has 6 nitrogen and oxygen atoms in total. The Bertz CT molecular complexity index is 1520. The summed E-state index contributed by atoms with van der Waals surface area (Å²) in [6.45, 7) is 0.748. The smallest absolute Gasteiger partial charge is 0.273 e. The summed E-state index contributed by atoms with van der Waals surface area (Å²) in [6.07, 6.45) is 5.69. The molecule has 0 saturated heterocycles. The number of nitrogens with zero attached hydrogens (tertiary/aromatic N) is 5. The van der Waals surface area contributed by atoms with E-state index in [0.29, 0.717) is 31.8 Å². The van der Waals surface area contributed by atoms with Crippen LogP contribution in [0.25, 0.3) is 17.3 Å². The first-order valence-corrected chi connectivity index (χ1v) is 11.6. The lowest BCUT2D eigenvalue weighted by Gasteiger charge is -2.07. The molecule has 4 aromatic rings. The molecule has 3 heterocycles. The first kappa shape index (κ1) is 21.0. The molecule has 164 valence electrons. The second-order valence-electron chi connectivity index (χ2n) is 7.83. The largest absolute Gasteiger partial charge is 0.310 e. The molecule has 5 rings (SSSR count). The minimum atomic E-state index is -0.340. The lowest BCUT2D eigenvalue weighted by atomic mass is 10.2. The Balaban J connectivity index is 1.82. The second kappa shape index (κ2) is 8.96. The second-order valence-corrected chi connectivity index (χ2v) is 8.86. The SMILES string of the molecule is N#CC(c1nnc2n1CCCCC2)=c1sc(=Cc2ccc(F)cc2)c(=O)n1-c1ccccc1. The van der Waals surface area contributed by atoms with Gasteiger partial charge in [0.15, 0.2) is 5.82 Å². The molecule has 0 aliphatic carbocycles. The van der Waals surface area contributed by atoms with Gasteiger partial charge in [-0.2, -0.15) is 5.26 Å². The number of para-hydroxylation sites is 1. The summed E-state index contributed by atoms with van der Waals surface area (Å²) in [5.41, 5.74) is 1.45. The number of halogens is 1. The summed E-state index contributed by atoms with van der Waals surface area (Å²) in [5.74, 6) is 1.03. The maximum absolute atomic E-state index is 13.5. The van der Waals surface area contributed by atoms with Crippen LogP contribution in [-0.2, 0) is 13.0 Å². The van der Waals surface area contributed by atoms with Gasteiger partial charge in [-0.3, -0.25) is 9.36 Å². The minimum absolute atomic E-state index is 0.242. The van der Waals surface area contributed by atoms with Crippen molar-refractivity contribution in [2.75, 3.05) is 0 Å². The molecule has 0 saturated carbocycles. The van der Waals surface area contributed by atoms with Gasteiger partial charge in [0.1, 0.15) is 27.9 Å². The molecule has 8 heteroatoms. The van der Waals surface area contributed by atoms with Crippen molar-refractivity contribution in [2.24, 2.45) is 0 Å². The minimum Gasteiger partial charge on any atom is -0.310 e. The Labute approximate surface area is 193 Å². The van der Waals surface area contributed by atoms with Crippen molar-refractivity contribution >= 4 is 23.0 Å². The van der Waals surface area contributed by atoms with Crippen LogP contribution >= 0.6 is 11.3 Å². The highest BCUT2D eigenvalue weighted by molar-refractivity contribution is 7.07. The molecule has 1 aliphatic rings. The quantitative estimate of drug-likeness (QED) is 0.474. The van der Waals surface area contributed by atoms with Gasteiger partial charge in [0.2, 0.25) is 0 Å². The zero-order chi connectivity index (χ0) is 22.8. The normalized spacial score (nSPS) is 15.0. The highest BCUT2D eigenvalue weighted by Crippen LogP contribution is 2.18. The van der Waals surface area contributed by atoms with E-state index >= 15 is 0 Å². The molecule has 2 aromatic carbocycles. The van der Waals surface area contributed by atoms with Gasteiger partial charge in [-0.25, -0.2) is 4.39 Å². The third kappa shape index (κ3) is 4.03. The van der Waals surface area contributed by atoms with Crippen LogP contribution in [0.4, 0.5) is 4.39 Å². The highest BCUT2D eigenvalue weighted by Gasteiger charge is 2.21. The number of aromatic nitrogens is 4. The fourth-order valence-electron chi connectivity index (χ4n) is 4.04. The van der Waals surface area contributed by atoms with Crippen molar-refractivity contribution in [1.82, 2.24) is 19.3 Å². The maximum atomic E-state index is 13.5. The molecule has 0 fully saturated rings.